The van der Waals surface area contributed by atoms with E-state index in [2.05, 4.69) is 10.2 Å². The van der Waals surface area contributed by atoms with E-state index in [0.717, 1.165) is 24.4 Å². The average molecular weight is 334 g/mol. The zero-order valence-corrected chi connectivity index (χ0v) is 14.6. The van der Waals surface area contributed by atoms with Crippen LogP contribution >= 0.6 is 0 Å². The van der Waals surface area contributed by atoms with Crippen LogP contribution in [0, 0.1) is 0 Å². The molecule has 3 amide bonds. The van der Waals surface area contributed by atoms with Gasteiger partial charge in [0.2, 0.25) is 5.91 Å². The second-order valence-corrected chi connectivity index (χ2v) is 6.06. The largest absolute Gasteiger partial charge is 0.497 e. The Hall–Kier alpha value is -2.28. The Balaban J connectivity index is 1.81. The summed E-state index contributed by atoms with van der Waals surface area (Å²) in [7, 11) is 5.60. The maximum atomic E-state index is 12.4. The summed E-state index contributed by atoms with van der Waals surface area (Å²) < 4.78 is 5.12. The van der Waals surface area contributed by atoms with Crippen molar-refractivity contribution in [3.63, 3.8) is 0 Å². The summed E-state index contributed by atoms with van der Waals surface area (Å²) in [6, 6.07) is 7.21. The molecule has 1 aromatic carbocycles. The second-order valence-electron chi connectivity index (χ2n) is 6.06. The van der Waals surface area contributed by atoms with Crippen LogP contribution in [0.2, 0.25) is 0 Å². The molecule has 0 radical (unpaired) electrons. The molecule has 7 nitrogen and oxygen atoms in total. The number of hydrogen-bond donors (Lipinski definition) is 1. The van der Waals surface area contributed by atoms with Gasteiger partial charge in [0, 0.05) is 25.3 Å². The molecule has 2 rings (SSSR count). The monoisotopic (exact) mass is 334 g/mol. The van der Waals surface area contributed by atoms with Crippen molar-refractivity contribution in [2.75, 3.05) is 58.8 Å². The van der Waals surface area contributed by atoms with Crippen molar-refractivity contribution in [2.45, 2.75) is 6.42 Å². The maximum Gasteiger partial charge on any atom is 0.325 e. The van der Waals surface area contributed by atoms with Gasteiger partial charge in [-0.1, -0.05) is 0 Å². The molecule has 1 saturated heterocycles. The molecule has 1 heterocycles. The summed E-state index contributed by atoms with van der Waals surface area (Å²) in [5, 5.41) is 2.86. The number of nitrogens with zero attached hydrogens (tertiary/aromatic N) is 3. The van der Waals surface area contributed by atoms with Crippen molar-refractivity contribution in [1.29, 1.82) is 0 Å². The molecule has 1 aromatic rings. The Morgan fingerprint density at radius 3 is 2.58 bits per heavy atom. The van der Waals surface area contributed by atoms with Gasteiger partial charge in [-0.05, 0) is 51.3 Å². The van der Waals surface area contributed by atoms with Crippen LogP contribution in [0.3, 0.4) is 0 Å². The molecule has 0 aliphatic carbocycles. The van der Waals surface area contributed by atoms with Crippen LogP contribution in [0.15, 0.2) is 24.3 Å². The highest BCUT2D eigenvalue weighted by molar-refractivity contribution is 5.96. The van der Waals surface area contributed by atoms with Crippen LogP contribution in [0.1, 0.15) is 6.42 Å². The number of amides is 3. The lowest BCUT2D eigenvalue weighted by Crippen LogP contribution is -2.40. The van der Waals surface area contributed by atoms with Gasteiger partial charge in [0.05, 0.1) is 7.11 Å². The van der Waals surface area contributed by atoms with Gasteiger partial charge in [-0.15, -0.1) is 0 Å². The molecule has 7 heteroatoms. The van der Waals surface area contributed by atoms with E-state index in [1.807, 2.05) is 38.4 Å². The van der Waals surface area contributed by atoms with Gasteiger partial charge in [-0.3, -0.25) is 9.69 Å². The van der Waals surface area contributed by atoms with Crippen LogP contribution in [-0.2, 0) is 4.79 Å². The average Bonchev–Trinajstić information content (AvgIpc) is 2.92. The minimum atomic E-state index is -0.136. The molecule has 0 bridgehead atoms. The summed E-state index contributed by atoms with van der Waals surface area (Å²) in [4.78, 5) is 29.7. The second kappa shape index (κ2) is 8.54. The fourth-order valence-electron chi connectivity index (χ4n) is 2.58. The van der Waals surface area contributed by atoms with Crippen LogP contribution in [0.4, 0.5) is 10.5 Å². The minimum absolute atomic E-state index is 0.105. The van der Waals surface area contributed by atoms with E-state index in [0.29, 0.717) is 19.6 Å². The number of ether oxygens (including phenoxy) is 1. The Morgan fingerprint density at radius 2 is 1.96 bits per heavy atom. The van der Waals surface area contributed by atoms with Crippen molar-refractivity contribution < 1.29 is 14.3 Å². The molecular weight excluding hydrogens is 308 g/mol. The van der Waals surface area contributed by atoms with Crippen LogP contribution in [0.25, 0.3) is 0 Å². The third kappa shape index (κ3) is 4.86. The van der Waals surface area contributed by atoms with E-state index in [-0.39, 0.29) is 18.5 Å². The number of nitrogens with one attached hydrogen (secondary N) is 1. The van der Waals surface area contributed by atoms with Crippen LogP contribution in [-0.4, -0.2) is 75.7 Å². The van der Waals surface area contributed by atoms with Crippen molar-refractivity contribution in [3.8, 4) is 5.75 Å². The molecule has 0 spiro atoms. The summed E-state index contributed by atoms with van der Waals surface area (Å²) in [6.07, 6.45) is 0.894. The first-order valence-electron chi connectivity index (χ1n) is 8.13. The molecule has 24 heavy (non-hydrogen) atoms. The van der Waals surface area contributed by atoms with Crippen molar-refractivity contribution in [1.82, 2.24) is 15.1 Å². The normalized spacial score (nSPS) is 14.4. The van der Waals surface area contributed by atoms with Gasteiger partial charge in [0.25, 0.3) is 0 Å². The number of methoxy groups -OCH3 is 1. The van der Waals surface area contributed by atoms with Gasteiger partial charge >= 0.3 is 6.03 Å². The number of hydrogen-bond acceptors (Lipinski definition) is 4. The summed E-state index contributed by atoms with van der Waals surface area (Å²) >= 11 is 0. The van der Waals surface area contributed by atoms with E-state index in [1.54, 1.807) is 16.9 Å². The lowest BCUT2D eigenvalue weighted by molar-refractivity contribution is -0.121. The number of benzene rings is 1. The highest BCUT2D eigenvalue weighted by Crippen LogP contribution is 2.22. The predicted octanol–water partition coefficient (Wildman–Crippen LogP) is 1.01. The minimum Gasteiger partial charge on any atom is -0.497 e. The molecule has 1 N–H and O–H groups in total. The number of urea groups is 1. The van der Waals surface area contributed by atoms with Gasteiger partial charge in [-0.25, -0.2) is 4.79 Å². The molecule has 1 aliphatic heterocycles. The SMILES string of the molecule is COc1ccc(N2CCN(CC(=O)NCCCN(C)C)C2=O)cc1. The Labute approximate surface area is 143 Å². The number of anilines is 1. The van der Waals surface area contributed by atoms with E-state index in [1.165, 1.54) is 0 Å². The lowest BCUT2D eigenvalue weighted by atomic mass is 10.3. The molecular formula is C17H26N4O3. The third-order valence-electron chi connectivity index (χ3n) is 3.92. The fourth-order valence-corrected chi connectivity index (χ4v) is 2.58. The van der Waals surface area contributed by atoms with E-state index < -0.39 is 0 Å². The van der Waals surface area contributed by atoms with Crippen LogP contribution < -0.4 is 15.0 Å². The molecule has 132 valence electrons. The lowest BCUT2D eigenvalue weighted by Gasteiger charge is -2.18. The highest BCUT2D eigenvalue weighted by atomic mass is 16.5. The smallest absolute Gasteiger partial charge is 0.325 e. The predicted molar refractivity (Wildman–Crippen MR) is 93.5 cm³/mol. The topological polar surface area (TPSA) is 65.1 Å². The van der Waals surface area contributed by atoms with E-state index in [9.17, 15) is 9.59 Å². The van der Waals surface area contributed by atoms with Crippen molar-refractivity contribution in [3.05, 3.63) is 24.3 Å². The zero-order chi connectivity index (χ0) is 17.5. The quantitative estimate of drug-likeness (QED) is 0.721. The first kappa shape index (κ1) is 18.1. The van der Waals surface area contributed by atoms with Gasteiger partial charge in [0.1, 0.15) is 12.3 Å². The molecule has 0 saturated carbocycles. The van der Waals surface area contributed by atoms with Crippen molar-refractivity contribution in [2.24, 2.45) is 0 Å². The summed E-state index contributed by atoms with van der Waals surface area (Å²) in [6.45, 7) is 2.79. The van der Waals surface area contributed by atoms with Gasteiger partial charge in [-0.2, -0.15) is 0 Å². The first-order chi connectivity index (χ1) is 11.5. The standard InChI is InChI=1S/C17H26N4O3/c1-19(2)10-4-9-18-16(22)13-20-11-12-21(17(20)23)14-5-7-15(24-3)8-6-14/h5-8H,4,9-13H2,1-3H3,(H,18,22). The molecule has 1 aliphatic rings. The fraction of sp³-hybridized carbons (Fsp3) is 0.529. The maximum absolute atomic E-state index is 12.4. The highest BCUT2D eigenvalue weighted by Gasteiger charge is 2.30. The summed E-state index contributed by atoms with van der Waals surface area (Å²) in [5.74, 6) is 0.637. The number of carbonyl (C=O) groups is 2. The van der Waals surface area contributed by atoms with E-state index in [4.69, 9.17) is 4.74 Å². The molecule has 0 atom stereocenters. The van der Waals surface area contributed by atoms with Gasteiger partial charge in [0.15, 0.2) is 0 Å². The van der Waals surface area contributed by atoms with Crippen LogP contribution in [0.5, 0.6) is 5.75 Å². The zero-order valence-electron chi connectivity index (χ0n) is 14.6. The first-order valence-corrected chi connectivity index (χ1v) is 8.13. The molecule has 0 aromatic heterocycles. The van der Waals surface area contributed by atoms with Crippen molar-refractivity contribution >= 4 is 17.6 Å². The Morgan fingerprint density at radius 1 is 1.25 bits per heavy atom. The Bertz CT molecular complexity index is 559. The van der Waals surface area contributed by atoms with Gasteiger partial charge < -0.3 is 19.9 Å². The number of carbonyl (C=O) groups excluding carboxylic acids is 2. The van der Waals surface area contributed by atoms with E-state index >= 15 is 0 Å². The number of rotatable bonds is 8. The third-order valence-corrected chi connectivity index (χ3v) is 3.92. The molecule has 1 fully saturated rings. The molecule has 0 unspecified atom stereocenters. The summed E-state index contributed by atoms with van der Waals surface area (Å²) in [5.41, 5.74) is 0.815. The Kier molecular flexibility index (Phi) is 6.43.